The predicted octanol–water partition coefficient (Wildman–Crippen LogP) is -2.12. The van der Waals surface area contributed by atoms with Gasteiger partial charge in [-0.3, -0.25) is 0 Å². The monoisotopic (exact) mass is 182 g/mol. The van der Waals surface area contributed by atoms with Crippen LogP contribution in [0.1, 0.15) is 0 Å². The van der Waals surface area contributed by atoms with Crippen molar-refractivity contribution in [2.45, 2.75) is 6.29 Å². The highest BCUT2D eigenvalue weighted by Gasteiger charge is 2.24. The minimum absolute atomic E-state index is 0.493. The smallest absolute Gasteiger partial charge is 0.238 e. The largest absolute Gasteiger partial charge is 0.384 e. The van der Waals surface area contributed by atoms with Crippen LogP contribution in [0.2, 0.25) is 0 Å². The van der Waals surface area contributed by atoms with Gasteiger partial charge in [0.25, 0.3) is 0 Å². The number of rotatable bonds is 1. The van der Waals surface area contributed by atoms with E-state index >= 15 is 0 Å². The SMILES string of the molecule is NN=NC1N=C2NCNC2=C(N)N1. The van der Waals surface area contributed by atoms with Crippen LogP contribution in [-0.2, 0) is 0 Å². The van der Waals surface area contributed by atoms with Crippen LogP contribution in [0.15, 0.2) is 26.8 Å². The molecule has 0 aliphatic carbocycles. The van der Waals surface area contributed by atoms with Gasteiger partial charge in [-0.15, -0.1) is 5.11 Å². The van der Waals surface area contributed by atoms with Gasteiger partial charge in [0.1, 0.15) is 11.5 Å². The van der Waals surface area contributed by atoms with Crippen LogP contribution in [0.25, 0.3) is 0 Å². The molecule has 1 unspecified atom stereocenters. The van der Waals surface area contributed by atoms with Crippen LogP contribution in [0.5, 0.6) is 0 Å². The first-order valence-corrected chi connectivity index (χ1v) is 3.73. The maximum absolute atomic E-state index is 5.68. The van der Waals surface area contributed by atoms with Crippen molar-refractivity contribution in [2.24, 2.45) is 26.9 Å². The molecule has 2 heterocycles. The Morgan fingerprint density at radius 1 is 1.46 bits per heavy atom. The first-order valence-electron chi connectivity index (χ1n) is 3.73. The lowest BCUT2D eigenvalue weighted by atomic mass is 10.3. The van der Waals surface area contributed by atoms with Crippen molar-refractivity contribution >= 4 is 5.84 Å². The molecule has 8 heteroatoms. The normalized spacial score (nSPS) is 26.2. The molecule has 0 aromatic heterocycles. The van der Waals surface area contributed by atoms with Gasteiger partial charge in [0.05, 0.1) is 6.67 Å². The Labute approximate surface area is 74.1 Å². The van der Waals surface area contributed by atoms with Crippen molar-refractivity contribution in [2.75, 3.05) is 6.67 Å². The fourth-order valence-electron chi connectivity index (χ4n) is 1.21. The van der Waals surface area contributed by atoms with Crippen LogP contribution in [0.3, 0.4) is 0 Å². The van der Waals surface area contributed by atoms with Crippen LogP contribution >= 0.6 is 0 Å². The minimum Gasteiger partial charge on any atom is -0.384 e. The van der Waals surface area contributed by atoms with Crippen LogP contribution in [0.4, 0.5) is 0 Å². The van der Waals surface area contributed by atoms with E-state index in [-0.39, 0.29) is 0 Å². The van der Waals surface area contributed by atoms with Crippen molar-refractivity contribution in [1.82, 2.24) is 16.0 Å². The van der Waals surface area contributed by atoms with Crippen molar-refractivity contribution in [3.8, 4) is 0 Å². The van der Waals surface area contributed by atoms with Gasteiger partial charge < -0.3 is 27.5 Å². The van der Waals surface area contributed by atoms with Gasteiger partial charge >= 0.3 is 0 Å². The highest BCUT2D eigenvalue weighted by Crippen LogP contribution is 2.08. The molecule has 0 aromatic carbocycles. The molecular formula is C5H10N8. The van der Waals surface area contributed by atoms with Gasteiger partial charge in [0.2, 0.25) is 6.29 Å². The summed E-state index contributed by atoms with van der Waals surface area (Å²) in [4.78, 5) is 4.14. The topological polar surface area (TPSA) is 125 Å². The third-order valence-electron chi connectivity index (χ3n) is 1.74. The van der Waals surface area contributed by atoms with Gasteiger partial charge in [-0.05, 0) is 0 Å². The molecule has 2 aliphatic heterocycles. The number of aliphatic imine (C=N–C) groups is 1. The maximum atomic E-state index is 5.68. The second-order valence-electron chi connectivity index (χ2n) is 2.55. The first-order chi connectivity index (χ1) is 6.31. The molecule has 7 N–H and O–H groups in total. The zero-order valence-electron chi connectivity index (χ0n) is 6.78. The Balaban J connectivity index is 2.25. The molecule has 0 amide bonds. The van der Waals surface area contributed by atoms with E-state index in [1.54, 1.807) is 0 Å². The lowest BCUT2D eigenvalue weighted by Crippen LogP contribution is -2.38. The average Bonchev–Trinajstić information content (AvgIpc) is 2.53. The van der Waals surface area contributed by atoms with E-state index < -0.39 is 6.29 Å². The van der Waals surface area contributed by atoms with E-state index in [0.29, 0.717) is 18.3 Å². The molecule has 2 aliphatic rings. The molecule has 1 atom stereocenters. The van der Waals surface area contributed by atoms with Crippen LogP contribution < -0.4 is 27.5 Å². The Hall–Kier alpha value is -1.99. The third kappa shape index (κ3) is 1.21. The highest BCUT2D eigenvalue weighted by molar-refractivity contribution is 6.00. The zero-order chi connectivity index (χ0) is 9.26. The molecule has 0 bridgehead atoms. The van der Waals surface area contributed by atoms with Gasteiger partial charge in [-0.2, -0.15) is 0 Å². The van der Waals surface area contributed by atoms with Crippen molar-refractivity contribution < 1.29 is 0 Å². The van der Waals surface area contributed by atoms with Crippen molar-refractivity contribution in [3.05, 3.63) is 11.5 Å². The number of hydrogen-bond donors (Lipinski definition) is 5. The lowest BCUT2D eigenvalue weighted by Gasteiger charge is -2.17. The van der Waals surface area contributed by atoms with Crippen LogP contribution in [-0.4, -0.2) is 18.8 Å². The molecule has 0 aromatic rings. The summed E-state index contributed by atoms with van der Waals surface area (Å²) in [5, 5.41) is 15.6. The molecule has 0 radical (unpaired) electrons. The summed E-state index contributed by atoms with van der Waals surface area (Å²) in [6, 6.07) is 0. The molecule has 1 saturated heterocycles. The van der Waals surface area contributed by atoms with Gasteiger partial charge in [-0.25, -0.2) is 4.99 Å². The molecule has 2 rings (SSSR count). The Morgan fingerprint density at radius 3 is 3.08 bits per heavy atom. The number of nitrogens with one attached hydrogen (secondary N) is 3. The summed E-state index contributed by atoms with van der Waals surface area (Å²) in [6.45, 7) is 0.614. The number of nitrogens with zero attached hydrogens (tertiary/aromatic N) is 3. The molecular weight excluding hydrogens is 172 g/mol. The van der Waals surface area contributed by atoms with E-state index in [0.717, 1.165) is 5.70 Å². The molecule has 70 valence electrons. The zero-order valence-corrected chi connectivity index (χ0v) is 6.78. The van der Waals surface area contributed by atoms with Crippen molar-refractivity contribution in [3.63, 3.8) is 0 Å². The minimum atomic E-state index is -0.531. The molecule has 0 saturated carbocycles. The maximum Gasteiger partial charge on any atom is 0.238 e. The highest BCUT2D eigenvalue weighted by atomic mass is 15.4. The quantitative estimate of drug-likeness (QED) is 0.180. The van der Waals surface area contributed by atoms with E-state index in [4.69, 9.17) is 11.6 Å². The van der Waals surface area contributed by atoms with E-state index in [2.05, 4.69) is 31.3 Å². The molecule has 0 spiro atoms. The van der Waals surface area contributed by atoms with Crippen molar-refractivity contribution in [1.29, 1.82) is 0 Å². The van der Waals surface area contributed by atoms with E-state index in [1.807, 2.05) is 0 Å². The molecule has 1 fully saturated rings. The van der Waals surface area contributed by atoms with E-state index in [9.17, 15) is 0 Å². The number of amidine groups is 1. The Bertz CT molecular complexity index is 302. The summed E-state index contributed by atoms with van der Waals surface area (Å²) in [6.07, 6.45) is -0.531. The summed E-state index contributed by atoms with van der Waals surface area (Å²) in [5.74, 6) is 6.08. The first kappa shape index (κ1) is 7.65. The number of nitrogens with two attached hydrogens (primary N) is 2. The van der Waals surface area contributed by atoms with Gasteiger partial charge in [0, 0.05) is 0 Å². The fraction of sp³-hybridized carbons (Fsp3) is 0.400. The predicted molar refractivity (Wildman–Crippen MR) is 45.8 cm³/mol. The van der Waals surface area contributed by atoms with Crippen LogP contribution in [0, 0.1) is 0 Å². The summed E-state index contributed by atoms with van der Waals surface area (Å²) in [5.41, 5.74) is 6.45. The summed E-state index contributed by atoms with van der Waals surface area (Å²) >= 11 is 0. The Morgan fingerprint density at radius 2 is 2.31 bits per heavy atom. The fourth-order valence-corrected chi connectivity index (χ4v) is 1.21. The standard InChI is InChI=1S/C5H10N8/c6-3-2-4(9-1-8-2)11-5(10-3)12-13-7/h5,8,10H,1,6H2,(H2,7,12)(H,9,11). The second-order valence-corrected chi connectivity index (χ2v) is 2.55. The lowest BCUT2D eigenvalue weighted by molar-refractivity contribution is 0.563. The third-order valence-corrected chi connectivity index (χ3v) is 1.74. The van der Waals surface area contributed by atoms with Gasteiger partial charge in [-0.1, -0.05) is 5.22 Å². The second kappa shape index (κ2) is 2.81. The molecule has 13 heavy (non-hydrogen) atoms. The summed E-state index contributed by atoms with van der Waals surface area (Å²) < 4.78 is 0. The summed E-state index contributed by atoms with van der Waals surface area (Å²) in [7, 11) is 0. The average molecular weight is 182 g/mol. The number of fused-ring (bicyclic) bond motifs is 1. The molecule has 8 nitrogen and oxygen atoms in total. The number of hydrogen-bond acceptors (Lipinski definition) is 7. The van der Waals surface area contributed by atoms with Gasteiger partial charge in [0.15, 0.2) is 5.84 Å². The van der Waals surface area contributed by atoms with E-state index in [1.165, 1.54) is 0 Å². The Kier molecular flexibility index (Phi) is 1.65.